The van der Waals surface area contributed by atoms with E-state index in [1.165, 1.54) is 18.2 Å². The zero-order valence-corrected chi connectivity index (χ0v) is 8.04. The first-order chi connectivity index (χ1) is 7.58. The predicted octanol–water partition coefficient (Wildman–Crippen LogP) is 2.32. The molecule has 1 amide bonds. The highest BCUT2D eigenvalue weighted by Gasteiger charge is 2.12. The quantitative estimate of drug-likeness (QED) is 0.849. The fraction of sp³-hybridized carbons (Fsp3) is 0. The fourth-order valence-electron chi connectivity index (χ4n) is 1.30. The standard InChI is InChI=1S/C11H7F2NO2/c12-6-1-2-7(8(13)5-6)9-3-4-10(16-9)11(14)15/h1-5H,(H2,14,15). The highest BCUT2D eigenvalue weighted by molar-refractivity contribution is 5.90. The molecule has 0 bridgehead atoms. The van der Waals surface area contributed by atoms with Crippen molar-refractivity contribution in [1.82, 2.24) is 0 Å². The minimum absolute atomic E-state index is 0.0706. The van der Waals surface area contributed by atoms with Crippen LogP contribution in [-0.4, -0.2) is 5.91 Å². The molecule has 2 aromatic rings. The van der Waals surface area contributed by atoms with Crippen LogP contribution >= 0.6 is 0 Å². The van der Waals surface area contributed by atoms with Crippen molar-refractivity contribution in [3.05, 3.63) is 47.7 Å². The van der Waals surface area contributed by atoms with E-state index in [1.54, 1.807) is 0 Å². The Bertz CT molecular complexity index is 549. The van der Waals surface area contributed by atoms with Gasteiger partial charge < -0.3 is 10.2 Å². The van der Waals surface area contributed by atoms with Gasteiger partial charge in [-0.25, -0.2) is 8.78 Å². The van der Waals surface area contributed by atoms with Gasteiger partial charge >= 0.3 is 0 Å². The number of benzene rings is 1. The Morgan fingerprint density at radius 1 is 1.19 bits per heavy atom. The Hall–Kier alpha value is -2.17. The van der Waals surface area contributed by atoms with Crippen LogP contribution in [0.2, 0.25) is 0 Å². The number of rotatable bonds is 2. The molecule has 5 heteroatoms. The van der Waals surface area contributed by atoms with E-state index in [2.05, 4.69) is 0 Å². The van der Waals surface area contributed by atoms with Gasteiger partial charge in [-0.05, 0) is 24.3 Å². The summed E-state index contributed by atoms with van der Waals surface area (Å²) in [6.45, 7) is 0. The third kappa shape index (κ3) is 1.79. The molecule has 0 saturated heterocycles. The first kappa shape index (κ1) is 10.4. The van der Waals surface area contributed by atoms with Crippen LogP contribution in [0.3, 0.4) is 0 Å². The largest absolute Gasteiger partial charge is 0.451 e. The summed E-state index contributed by atoms with van der Waals surface area (Å²) in [5, 5.41) is 0. The van der Waals surface area contributed by atoms with Crippen molar-refractivity contribution in [3.8, 4) is 11.3 Å². The van der Waals surface area contributed by atoms with Crippen LogP contribution < -0.4 is 5.73 Å². The summed E-state index contributed by atoms with van der Waals surface area (Å²) in [7, 11) is 0. The zero-order chi connectivity index (χ0) is 11.7. The maximum Gasteiger partial charge on any atom is 0.284 e. The summed E-state index contributed by atoms with van der Waals surface area (Å²) in [5.74, 6) is -2.12. The number of amides is 1. The Labute approximate surface area is 89.5 Å². The molecule has 16 heavy (non-hydrogen) atoms. The molecule has 2 N–H and O–H groups in total. The second-order valence-electron chi connectivity index (χ2n) is 3.15. The van der Waals surface area contributed by atoms with Crippen molar-refractivity contribution in [2.75, 3.05) is 0 Å². The molecule has 2 rings (SSSR count). The van der Waals surface area contributed by atoms with E-state index in [4.69, 9.17) is 10.2 Å². The first-order valence-corrected chi connectivity index (χ1v) is 4.43. The topological polar surface area (TPSA) is 56.2 Å². The highest BCUT2D eigenvalue weighted by Crippen LogP contribution is 2.25. The molecular formula is C11H7F2NO2. The summed E-state index contributed by atoms with van der Waals surface area (Å²) in [5.41, 5.74) is 5.06. The highest BCUT2D eigenvalue weighted by atomic mass is 19.1. The SMILES string of the molecule is NC(=O)c1ccc(-c2ccc(F)cc2F)o1. The molecule has 0 aliphatic heterocycles. The molecule has 0 saturated carbocycles. The number of carbonyl (C=O) groups excluding carboxylic acids is 1. The van der Waals surface area contributed by atoms with Crippen molar-refractivity contribution >= 4 is 5.91 Å². The Morgan fingerprint density at radius 2 is 1.94 bits per heavy atom. The molecular weight excluding hydrogens is 216 g/mol. The van der Waals surface area contributed by atoms with Gasteiger partial charge in [0, 0.05) is 6.07 Å². The van der Waals surface area contributed by atoms with Gasteiger partial charge in [0.2, 0.25) is 0 Å². The number of carbonyl (C=O) groups is 1. The van der Waals surface area contributed by atoms with Crippen molar-refractivity contribution in [1.29, 1.82) is 0 Å². The zero-order valence-electron chi connectivity index (χ0n) is 8.04. The first-order valence-electron chi connectivity index (χ1n) is 4.43. The van der Waals surface area contributed by atoms with Gasteiger partial charge in [0.1, 0.15) is 17.4 Å². The second-order valence-corrected chi connectivity index (χ2v) is 3.15. The average molecular weight is 223 g/mol. The predicted molar refractivity (Wildman–Crippen MR) is 52.6 cm³/mol. The summed E-state index contributed by atoms with van der Waals surface area (Å²) < 4.78 is 31.0. The average Bonchev–Trinajstić information content (AvgIpc) is 2.66. The van der Waals surface area contributed by atoms with Gasteiger partial charge in [-0.2, -0.15) is 0 Å². The van der Waals surface area contributed by atoms with Crippen molar-refractivity contribution in [3.63, 3.8) is 0 Å². The second kappa shape index (κ2) is 3.77. The molecule has 1 aromatic carbocycles. The molecule has 1 heterocycles. The third-order valence-corrected chi connectivity index (χ3v) is 2.05. The van der Waals surface area contributed by atoms with Gasteiger partial charge in [-0.1, -0.05) is 0 Å². The minimum Gasteiger partial charge on any atom is -0.451 e. The molecule has 0 atom stereocenters. The lowest BCUT2D eigenvalue weighted by molar-refractivity contribution is 0.0974. The number of halogens is 2. The molecule has 0 aliphatic rings. The van der Waals surface area contributed by atoms with Crippen LogP contribution in [-0.2, 0) is 0 Å². The number of hydrogen-bond acceptors (Lipinski definition) is 2. The number of nitrogens with two attached hydrogens (primary N) is 1. The van der Waals surface area contributed by atoms with Crippen molar-refractivity contribution in [2.45, 2.75) is 0 Å². The molecule has 0 unspecified atom stereocenters. The van der Waals surface area contributed by atoms with E-state index in [-0.39, 0.29) is 17.1 Å². The van der Waals surface area contributed by atoms with Crippen LogP contribution in [0, 0.1) is 11.6 Å². The number of hydrogen-bond donors (Lipinski definition) is 1. The molecule has 82 valence electrons. The van der Waals surface area contributed by atoms with Crippen LogP contribution in [0.5, 0.6) is 0 Å². The minimum atomic E-state index is -0.759. The van der Waals surface area contributed by atoms with Crippen molar-refractivity contribution < 1.29 is 18.0 Å². The smallest absolute Gasteiger partial charge is 0.284 e. The summed E-state index contributed by atoms with van der Waals surface area (Å²) in [6.07, 6.45) is 0. The van der Waals surface area contributed by atoms with E-state index in [1.807, 2.05) is 0 Å². The van der Waals surface area contributed by atoms with Crippen LogP contribution in [0.25, 0.3) is 11.3 Å². The number of primary amides is 1. The lowest BCUT2D eigenvalue weighted by Crippen LogP contribution is -2.09. The molecule has 0 fully saturated rings. The van der Waals surface area contributed by atoms with Gasteiger partial charge in [0.25, 0.3) is 5.91 Å². The maximum absolute atomic E-state index is 13.3. The van der Waals surface area contributed by atoms with E-state index in [9.17, 15) is 13.6 Å². The van der Waals surface area contributed by atoms with Gasteiger partial charge in [0.05, 0.1) is 5.56 Å². The molecule has 0 aliphatic carbocycles. The van der Waals surface area contributed by atoms with E-state index < -0.39 is 17.5 Å². The molecule has 3 nitrogen and oxygen atoms in total. The fourth-order valence-corrected chi connectivity index (χ4v) is 1.30. The van der Waals surface area contributed by atoms with E-state index in [0.717, 1.165) is 12.1 Å². The molecule has 1 aromatic heterocycles. The van der Waals surface area contributed by atoms with Gasteiger partial charge in [-0.15, -0.1) is 0 Å². The van der Waals surface area contributed by atoms with Crippen molar-refractivity contribution in [2.24, 2.45) is 5.73 Å². The summed E-state index contributed by atoms with van der Waals surface area (Å²) in [6, 6.07) is 5.80. The van der Waals surface area contributed by atoms with Gasteiger partial charge in [0.15, 0.2) is 5.76 Å². The van der Waals surface area contributed by atoms with Gasteiger partial charge in [-0.3, -0.25) is 4.79 Å². The summed E-state index contributed by atoms with van der Waals surface area (Å²) >= 11 is 0. The number of furan rings is 1. The maximum atomic E-state index is 13.3. The van der Waals surface area contributed by atoms with Crippen LogP contribution in [0.15, 0.2) is 34.7 Å². The van der Waals surface area contributed by atoms with E-state index >= 15 is 0 Å². The molecule has 0 radical (unpaired) electrons. The lowest BCUT2D eigenvalue weighted by Gasteiger charge is -1.98. The molecule has 0 spiro atoms. The van der Waals surface area contributed by atoms with E-state index in [0.29, 0.717) is 0 Å². The Kier molecular flexibility index (Phi) is 2.44. The Morgan fingerprint density at radius 3 is 2.50 bits per heavy atom. The monoisotopic (exact) mass is 223 g/mol. The normalized spacial score (nSPS) is 10.4. The lowest BCUT2D eigenvalue weighted by atomic mass is 10.1. The third-order valence-electron chi connectivity index (χ3n) is 2.05. The van der Waals surface area contributed by atoms with Crippen LogP contribution in [0.4, 0.5) is 8.78 Å². The summed E-state index contributed by atoms with van der Waals surface area (Å²) in [4.78, 5) is 10.8. The van der Waals surface area contributed by atoms with Crippen LogP contribution in [0.1, 0.15) is 10.6 Å². The Balaban J connectivity index is 2.46.